The van der Waals surface area contributed by atoms with E-state index in [4.69, 9.17) is 4.74 Å². The van der Waals surface area contributed by atoms with Crippen molar-refractivity contribution in [2.24, 2.45) is 0 Å². The van der Waals surface area contributed by atoms with E-state index < -0.39 is 0 Å². The van der Waals surface area contributed by atoms with Gasteiger partial charge in [-0.2, -0.15) is 0 Å². The minimum absolute atomic E-state index is 0.582. The first-order valence-electron chi connectivity index (χ1n) is 6.21. The van der Waals surface area contributed by atoms with Gasteiger partial charge in [0.05, 0.1) is 6.61 Å². The number of methoxy groups -OCH3 is 1. The fourth-order valence-electron chi connectivity index (χ4n) is 2.42. The van der Waals surface area contributed by atoms with Crippen molar-refractivity contribution in [1.82, 2.24) is 10.2 Å². The van der Waals surface area contributed by atoms with Gasteiger partial charge in [0.1, 0.15) is 0 Å². The molecule has 3 nitrogen and oxygen atoms in total. The normalized spacial score (nSPS) is 25.2. The summed E-state index contributed by atoms with van der Waals surface area (Å²) >= 11 is 0. The van der Waals surface area contributed by atoms with Crippen LogP contribution in [0, 0.1) is 0 Å². The van der Waals surface area contributed by atoms with Gasteiger partial charge in [-0.15, -0.1) is 0 Å². The van der Waals surface area contributed by atoms with Crippen LogP contribution in [-0.2, 0) is 4.74 Å². The topological polar surface area (TPSA) is 24.5 Å². The smallest absolute Gasteiger partial charge is 0.0617 e. The summed E-state index contributed by atoms with van der Waals surface area (Å²) in [6.07, 6.45) is 5.08. The van der Waals surface area contributed by atoms with E-state index in [1.54, 1.807) is 7.11 Å². The molecule has 0 amide bonds. The van der Waals surface area contributed by atoms with Crippen LogP contribution in [0.3, 0.4) is 0 Å². The van der Waals surface area contributed by atoms with Crippen molar-refractivity contribution in [2.75, 3.05) is 33.9 Å². The highest BCUT2D eigenvalue weighted by Crippen LogP contribution is 2.16. The molecular weight excluding hydrogens is 188 g/mol. The molecule has 90 valence electrons. The maximum Gasteiger partial charge on any atom is 0.0617 e. The van der Waals surface area contributed by atoms with Crippen LogP contribution in [0.25, 0.3) is 0 Å². The first-order valence-corrected chi connectivity index (χ1v) is 6.21. The molecule has 0 spiro atoms. The van der Waals surface area contributed by atoms with Crippen LogP contribution < -0.4 is 5.32 Å². The van der Waals surface area contributed by atoms with Gasteiger partial charge in [0.15, 0.2) is 0 Å². The lowest BCUT2D eigenvalue weighted by atomic mass is 10.0. The lowest BCUT2D eigenvalue weighted by Gasteiger charge is -2.33. The van der Waals surface area contributed by atoms with Crippen LogP contribution in [0.4, 0.5) is 0 Å². The van der Waals surface area contributed by atoms with Gasteiger partial charge in [-0.3, -0.25) is 4.90 Å². The Morgan fingerprint density at radius 1 is 1.40 bits per heavy atom. The Balaban J connectivity index is 2.43. The highest BCUT2D eigenvalue weighted by Gasteiger charge is 2.22. The van der Waals surface area contributed by atoms with Crippen LogP contribution in [0.5, 0.6) is 0 Å². The van der Waals surface area contributed by atoms with Gasteiger partial charge in [-0.1, -0.05) is 6.92 Å². The standard InChI is InChI=1S/C12H26N2O/c1-4-11(10-15-3)14(2)12-6-5-8-13-9-7-12/h11-13H,4-10H2,1-3H3. The molecule has 0 radical (unpaired) electrons. The molecule has 0 saturated carbocycles. The van der Waals surface area contributed by atoms with Gasteiger partial charge < -0.3 is 10.1 Å². The van der Waals surface area contributed by atoms with Crippen LogP contribution in [0.2, 0.25) is 0 Å². The van der Waals surface area contributed by atoms with Crippen molar-refractivity contribution in [3.63, 3.8) is 0 Å². The molecule has 1 N–H and O–H groups in total. The molecule has 0 aromatic rings. The molecule has 1 aliphatic heterocycles. The molecule has 1 fully saturated rings. The molecule has 0 aromatic heterocycles. The number of hydrogen-bond donors (Lipinski definition) is 1. The van der Waals surface area contributed by atoms with E-state index in [0.717, 1.165) is 12.6 Å². The van der Waals surface area contributed by atoms with E-state index in [9.17, 15) is 0 Å². The van der Waals surface area contributed by atoms with Crippen molar-refractivity contribution < 1.29 is 4.74 Å². The maximum absolute atomic E-state index is 5.28. The van der Waals surface area contributed by atoms with Crippen molar-refractivity contribution in [3.05, 3.63) is 0 Å². The van der Waals surface area contributed by atoms with E-state index in [1.807, 2.05) is 0 Å². The second-order valence-electron chi connectivity index (χ2n) is 4.52. The second-order valence-corrected chi connectivity index (χ2v) is 4.52. The summed E-state index contributed by atoms with van der Waals surface area (Å²) in [7, 11) is 4.05. The molecule has 1 heterocycles. The average molecular weight is 214 g/mol. The van der Waals surface area contributed by atoms with Crippen molar-refractivity contribution in [2.45, 2.75) is 44.7 Å². The number of nitrogens with one attached hydrogen (secondary N) is 1. The molecule has 1 aliphatic rings. The zero-order valence-electron chi connectivity index (χ0n) is 10.5. The summed E-state index contributed by atoms with van der Waals surface area (Å²) in [6, 6.07) is 1.32. The number of hydrogen-bond acceptors (Lipinski definition) is 3. The van der Waals surface area contributed by atoms with Crippen LogP contribution in [0.15, 0.2) is 0 Å². The van der Waals surface area contributed by atoms with Gasteiger partial charge in [0.2, 0.25) is 0 Å². The van der Waals surface area contributed by atoms with Gasteiger partial charge in [-0.25, -0.2) is 0 Å². The maximum atomic E-state index is 5.28. The lowest BCUT2D eigenvalue weighted by Crippen LogP contribution is -2.42. The zero-order chi connectivity index (χ0) is 11.1. The molecule has 1 saturated heterocycles. The van der Waals surface area contributed by atoms with E-state index in [-0.39, 0.29) is 0 Å². The van der Waals surface area contributed by atoms with E-state index in [0.29, 0.717) is 6.04 Å². The molecular formula is C12H26N2O. The van der Waals surface area contributed by atoms with E-state index >= 15 is 0 Å². The number of likely N-dealkylation sites (N-methyl/N-ethyl adjacent to an activating group) is 1. The van der Waals surface area contributed by atoms with Gasteiger partial charge in [0.25, 0.3) is 0 Å². The lowest BCUT2D eigenvalue weighted by molar-refractivity contribution is 0.0733. The first kappa shape index (κ1) is 12.9. The molecule has 3 heteroatoms. The Hall–Kier alpha value is -0.120. The summed E-state index contributed by atoms with van der Waals surface area (Å²) in [5.74, 6) is 0. The third kappa shape index (κ3) is 4.09. The molecule has 2 atom stereocenters. The fourth-order valence-corrected chi connectivity index (χ4v) is 2.42. The largest absolute Gasteiger partial charge is 0.383 e. The van der Waals surface area contributed by atoms with Crippen LogP contribution in [0.1, 0.15) is 32.6 Å². The minimum atomic E-state index is 0.582. The zero-order valence-corrected chi connectivity index (χ0v) is 10.5. The number of nitrogens with zero attached hydrogens (tertiary/aromatic N) is 1. The van der Waals surface area contributed by atoms with Gasteiger partial charge in [0, 0.05) is 19.2 Å². The van der Waals surface area contributed by atoms with Crippen molar-refractivity contribution >= 4 is 0 Å². The Bertz CT molecular complexity index is 156. The Morgan fingerprint density at radius 3 is 2.87 bits per heavy atom. The van der Waals surface area contributed by atoms with Crippen molar-refractivity contribution in [3.8, 4) is 0 Å². The molecule has 0 aromatic carbocycles. The van der Waals surface area contributed by atoms with Crippen molar-refractivity contribution in [1.29, 1.82) is 0 Å². The Labute approximate surface area is 94.2 Å². The highest BCUT2D eigenvalue weighted by molar-refractivity contribution is 4.78. The summed E-state index contributed by atoms with van der Waals surface area (Å²) in [6.45, 7) is 5.45. The average Bonchev–Trinajstić information content (AvgIpc) is 2.53. The Kier molecular flexibility index (Phi) is 6.22. The summed E-state index contributed by atoms with van der Waals surface area (Å²) in [5.41, 5.74) is 0. The predicted octanol–water partition coefficient (Wildman–Crippen LogP) is 1.49. The summed E-state index contributed by atoms with van der Waals surface area (Å²) in [4.78, 5) is 2.52. The SMILES string of the molecule is CCC(COC)N(C)C1CCCNCC1. The van der Waals surface area contributed by atoms with E-state index in [2.05, 4.69) is 24.2 Å². The molecule has 15 heavy (non-hydrogen) atoms. The molecule has 2 unspecified atom stereocenters. The Morgan fingerprint density at radius 2 is 2.20 bits per heavy atom. The van der Waals surface area contributed by atoms with Gasteiger partial charge in [-0.05, 0) is 45.8 Å². The quantitative estimate of drug-likeness (QED) is 0.750. The first-order chi connectivity index (χ1) is 7.29. The molecule has 0 aliphatic carbocycles. The fraction of sp³-hybridized carbons (Fsp3) is 1.00. The second kappa shape index (κ2) is 7.20. The van der Waals surface area contributed by atoms with E-state index in [1.165, 1.54) is 38.8 Å². The summed E-state index contributed by atoms with van der Waals surface area (Å²) < 4.78 is 5.28. The highest BCUT2D eigenvalue weighted by atomic mass is 16.5. The predicted molar refractivity (Wildman–Crippen MR) is 64.2 cm³/mol. The summed E-state index contributed by atoms with van der Waals surface area (Å²) in [5, 5.41) is 3.46. The van der Waals surface area contributed by atoms with Crippen LogP contribution in [-0.4, -0.2) is 50.8 Å². The third-order valence-electron chi connectivity index (χ3n) is 3.53. The van der Waals surface area contributed by atoms with Crippen LogP contribution >= 0.6 is 0 Å². The minimum Gasteiger partial charge on any atom is -0.383 e. The molecule has 0 bridgehead atoms. The third-order valence-corrected chi connectivity index (χ3v) is 3.53. The number of rotatable bonds is 5. The number of ether oxygens (including phenoxy) is 1. The van der Waals surface area contributed by atoms with Gasteiger partial charge >= 0.3 is 0 Å². The monoisotopic (exact) mass is 214 g/mol. The molecule has 1 rings (SSSR count).